The molecule has 0 radical (unpaired) electrons. The van der Waals surface area contributed by atoms with Gasteiger partial charge in [0.2, 0.25) is 11.8 Å². The SMILES string of the molecule is C[C@H]1C(=O)NCC(=O)N1Cc1ccco1. The van der Waals surface area contributed by atoms with Crippen LogP contribution in [0.15, 0.2) is 22.8 Å². The van der Waals surface area contributed by atoms with E-state index >= 15 is 0 Å². The lowest BCUT2D eigenvalue weighted by molar-refractivity contribution is -0.145. The van der Waals surface area contributed by atoms with E-state index in [0.717, 1.165) is 0 Å². The maximum absolute atomic E-state index is 11.5. The van der Waals surface area contributed by atoms with Gasteiger partial charge in [-0.05, 0) is 19.1 Å². The Bertz CT molecular complexity index is 372. The number of nitrogens with one attached hydrogen (secondary N) is 1. The summed E-state index contributed by atoms with van der Waals surface area (Å²) >= 11 is 0. The van der Waals surface area contributed by atoms with Crippen molar-refractivity contribution in [3.05, 3.63) is 24.2 Å². The molecule has 80 valence electrons. The maximum Gasteiger partial charge on any atom is 0.243 e. The van der Waals surface area contributed by atoms with E-state index in [4.69, 9.17) is 4.42 Å². The van der Waals surface area contributed by atoms with Crippen LogP contribution in [0, 0.1) is 0 Å². The summed E-state index contributed by atoms with van der Waals surface area (Å²) in [7, 11) is 0. The number of piperazine rings is 1. The molecular weight excluding hydrogens is 196 g/mol. The van der Waals surface area contributed by atoms with Crippen LogP contribution < -0.4 is 5.32 Å². The summed E-state index contributed by atoms with van der Waals surface area (Å²) in [5.41, 5.74) is 0. The first-order valence-corrected chi connectivity index (χ1v) is 4.78. The number of amides is 2. The highest BCUT2D eigenvalue weighted by molar-refractivity contribution is 5.94. The normalized spacial score (nSPS) is 21.7. The number of rotatable bonds is 2. The van der Waals surface area contributed by atoms with Crippen molar-refractivity contribution in [2.45, 2.75) is 19.5 Å². The Labute approximate surface area is 87.0 Å². The van der Waals surface area contributed by atoms with Crippen molar-refractivity contribution in [2.75, 3.05) is 6.54 Å². The second kappa shape index (κ2) is 3.76. The minimum absolute atomic E-state index is 0.0733. The number of carbonyl (C=O) groups is 2. The average Bonchev–Trinajstić information content (AvgIpc) is 2.71. The molecule has 1 aromatic rings. The van der Waals surface area contributed by atoms with Crippen LogP contribution in [-0.2, 0) is 16.1 Å². The van der Waals surface area contributed by atoms with Gasteiger partial charge < -0.3 is 14.6 Å². The predicted octanol–water partition coefficient (Wildman–Crippen LogP) is 0.126. The second-order valence-corrected chi connectivity index (χ2v) is 3.49. The van der Waals surface area contributed by atoms with Gasteiger partial charge in [-0.15, -0.1) is 0 Å². The zero-order valence-corrected chi connectivity index (χ0v) is 8.40. The third-order valence-corrected chi connectivity index (χ3v) is 2.49. The fourth-order valence-corrected chi connectivity index (χ4v) is 1.57. The van der Waals surface area contributed by atoms with E-state index in [1.807, 2.05) is 0 Å². The third kappa shape index (κ3) is 1.86. The number of carbonyl (C=O) groups excluding carboxylic acids is 2. The number of nitrogens with zero attached hydrogens (tertiary/aromatic N) is 1. The summed E-state index contributed by atoms with van der Waals surface area (Å²) in [5.74, 6) is 0.476. The van der Waals surface area contributed by atoms with Crippen LogP contribution in [0.4, 0.5) is 0 Å². The van der Waals surface area contributed by atoms with Gasteiger partial charge >= 0.3 is 0 Å². The number of hydrogen-bond donors (Lipinski definition) is 1. The smallest absolute Gasteiger partial charge is 0.243 e. The van der Waals surface area contributed by atoms with Crippen molar-refractivity contribution in [2.24, 2.45) is 0 Å². The van der Waals surface area contributed by atoms with Crippen molar-refractivity contribution in [3.63, 3.8) is 0 Å². The Morgan fingerprint density at radius 1 is 1.60 bits per heavy atom. The second-order valence-electron chi connectivity index (χ2n) is 3.49. The molecular formula is C10H12N2O3. The molecule has 1 aliphatic heterocycles. The fourth-order valence-electron chi connectivity index (χ4n) is 1.57. The first-order valence-electron chi connectivity index (χ1n) is 4.78. The minimum atomic E-state index is -0.434. The van der Waals surface area contributed by atoms with Crippen LogP contribution in [0.25, 0.3) is 0 Å². The summed E-state index contributed by atoms with van der Waals surface area (Å²) in [6.07, 6.45) is 1.55. The molecule has 5 heteroatoms. The van der Waals surface area contributed by atoms with Gasteiger partial charge in [0, 0.05) is 0 Å². The molecule has 0 aliphatic carbocycles. The van der Waals surface area contributed by atoms with Gasteiger partial charge in [-0.1, -0.05) is 0 Å². The van der Waals surface area contributed by atoms with E-state index in [0.29, 0.717) is 12.3 Å². The van der Waals surface area contributed by atoms with Crippen LogP contribution in [0.2, 0.25) is 0 Å². The first kappa shape index (κ1) is 9.76. The van der Waals surface area contributed by atoms with Gasteiger partial charge in [0.05, 0.1) is 19.4 Å². The highest BCUT2D eigenvalue weighted by atomic mass is 16.3. The van der Waals surface area contributed by atoms with E-state index in [9.17, 15) is 9.59 Å². The molecule has 1 saturated heterocycles. The Hall–Kier alpha value is -1.78. The summed E-state index contributed by atoms with van der Waals surface area (Å²) in [4.78, 5) is 24.4. The van der Waals surface area contributed by atoms with Crippen molar-refractivity contribution in [3.8, 4) is 0 Å². The van der Waals surface area contributed by atoms with Crippen molar-refractivity contribution < 1.29 is 14.0 Å². The van der Waals surface area contributed by atoms with Crippen molar-refractivity contribution in [1.82, 2.24) is 10.2 Å². The van der Waals surface area contributed by atoms with E-state index < -0.39 is 6.04 Å². The molecule has 2 amide bonds. The van der Waals surface area contributed by atoms with E-state index in [-0.39, 0.29) is 18.4 Å². The first-order chi connectivity index (χ1) is 7.18. The molecule has 1 aliphatic rings. The molecule has 1 aromatic heterocycles. The Morgan fingerprint density at radius 2 is 2.40 bits per heavy atom. The molecule has 0 saturated carbocycles. The summed E-state index contributed by atoms with van der Waals surface area (Å²) in [6, 6.07) is 3.11. The fraction of sp³-hybridized carbons (Fsp3) is 0.400. The summed E-state index contributed by atoms with van der Waals surface area (Å²) < 4.78 is 5.14. The maximum atomic E-state index is 11.5. The van der Waals surface area contributed by atoms with Crippen LogP contribution in [0.3, 0.4) is 0 Å². The lowest BCUT2D eigenvalue weighted by Gasteiger charge is -2.31. The Kier molecular flexibility index (Phi) is 2.45. The lowest BCUT2D eigenvalue weighted by Crippen LogP contribution is -2.56. The zero-order chi connectivity index (χ0) is 10.8. The molecule has 1 fully saturated rings. The van der Waals surface area contributed by atoms with Gasteiger partial charge in [0.25, 0.3) is 0 Å². The Morgan fingerprint density at radius 3 is 3.07 bits per heavy atom. The molecule has 0 bridgehead atoms. The zero-order valence-electron chi connectivity index (χ0n) is 8.40. The van der Waals surface area contributed by atoms with E-state index in [1.54, 1.807) is 25.3 Å². The lowest BCUT2D eigenvalue weighted by atomic mass is 10.2. The van der Waals surface area contributed by atoms with Gasteiger partial charge in [-0.2, -0.15) is 0 Å². The average molecular weight is 208 g/mol. The van der Waals surface area contributed by atoms with Crippen LogP contribution in [0.1, 0.15) is 12.7 Å². The third-order valence-electron chi connectivity index (χ3n) is 2.49. The molecule has 2 rings (SSSR count). The van der Waals surface area contributed by atoms with Gasteiger partial charge in [0.1, 0.15) is 11.8 Å². The number of furan rings is 1. The minimum Gasteiger partial charge on any atom is -0.467 e. The highest BCUT2D eigenvalue weighted by Crippen LogP contribution is 2.11. The van der Waals surface area contributed by atoms with E-state index in [1.165, 1.54) is 4.90 Å². The van der Waals surface area contributed by atoms with Crippen molar-refractivity contribution >= 4 is 11.8 Å². The monoisotopic (exact) mass is 208 g/mol. The van der Waals surface area contributed by atoms with Crippen LogP contribution in [-0.4, -0.2) is 29.3 Å². The highest BCUT2D eigenvalue weighted by Gasteiger charge is 2.31. The van der Waals surface area contributed by atoms with E-state index in [2.05, 4.69) is 5.32 Å². The topological polar surface area (TPSA) is 62.6 Å². The summed E-state index contributed by atoms with van der Waals surface area (Å²) in [5, 5.41) is 2.53. The summed E-state index contributed by atoms with van der Waals surface area (Å²) in [6.45, 7) is 2.12. The van der Waals surface area contributed by atoms with Gasteiger partial charge in [-0.25, -0.2) is 0 Å². The van der Waals surface area contributed by atoms with Crippen LogP contribution in [0.5, 0.6) is 0 Å². The Balaban J connectivity index is 2.12. The molecule has 0 spiro atoms. The molecule has 0 unspecified atom stereocenters. The standard InChI is InChI=1S/C10H12N2O3/c1-7-10(14)11-5-9(13)12(7)6-8-3-2-4-15-8/h2-4,7H,5-6H2,1H3,(H,11,14)/t7-/m0/s1. The molecule has 1 N–H and O–H groups in total. The molecule has 15 heavy (non-hydrogen) atoms. The van der Waals surface area contributed by atoms with Gasteiger partial charge in [-0.3, -0.25) is 9.59 Å². The predicted molar refractivity (Wildman–Crippen MR) is 51.7 cm³/mol. The molecule has 0 aromatic carbocycles. The van der Waals surface area contributed by atoms with Crippen molar-refractivity contribution in [1.29, 1.82) is 0 Å². The molecule has 5 nitrogen and oxygen atoms in total. The molecule has 1 atom stereocenters. The van der Waals surface area contributed by atoms with Gasteiger partial charge in [0.15, 0.2) is 0 Å². The van der Waals surface area contributed by atoms with Crippen LogP contribution >= 0.6 is 0 Å². The number of hydrogen-bond acceptors (Lipinski definition) is 3. The largest absolute Gasteiger partial charge is 0.467 e. The quantitative estimate of drug-likeness (QED) is 0.751. The molecule has 2 heterocycles.